The van der Waals surface area contributed by atoms with Crippen LogP contribution in [0.1, 0.15) is 0 Å². The molecule has 0 saturated carbocycles. The van der Waals surface area contributed by atoms with E-state index in [-0.39, 0.29) is 0 Å². The molecule has 0 bridgehead atoms. The Bertz CT molecular complexity index is 380. The Kier molecular flexibility index (Phi) is 6.06. The first-order valence-corrected chi connectivity index (χ1v) is 6.37. The molecule has 0 unspecified atom stereocenters. The lowest BCUT2D eigenvalue weighted by molar-refractivity contribution is 1.48. The average molecular weight is 346 g/mol. The summed E-state index contributed by atoms with van der Waals surface area (Å²) in [6.07, 6.45) is 0. The van der Waals surface area contributed by atoms with Crippen LogP contribution in [-0.2, 0) is 0 Å². The molecular formula is C12H10Br2S. The predicted octanol–water partition coefficient (Wildman–Crippen LogP) is 5.19. The molecule has 15 heavy (non-hydrogen) atoms. The standard InChI is InChI=1S/C6H4Br2.C6H6S/c7-5-3-1-2-4-6(5)8;7-6-4-2-1-3-5-6/h1-4H;1-5,7H. The van der Waals surface area contributed by atoms with Crippen molar-refractivity contribution in [3.05, 3.63) is 63.5 Å². The van der Waals surface area contributed by atoms with Crippen LogP contribution < -0.4 is 0 Å². The molecule has 0 amide bonds. The Balaban J connectivity index is 0.000000151. The highest BCUT2D eigenvalue weighted by Crippen LogP contribution is 2.20. The molecule has 0 N–H and O–H groups in total. The number of halogens is 2. The summed E-state index contributed by atoms with van der Waals surface area (Å²) < 4.78 is 2.19. The molecule has 0 spiro atoms. The zero-order chi connectivity index (χ0) is 11.1. The largest absolute Gasteiger partial charge is 0.143 e. The Morgan fingerprint density at radius 2 is 1.07 bits per heavy atom. The van der Waals surface area contributed by atoms with Gasteiger partial charge < -0.3 is 0 Å². The van der Waals surface area contributed by atoms with Crippen LogP contribution >= 0.6 is 44.5 Å². The maximum atomic E-state index is 4.08. The van der Waals surface area contributed by atoms with Crippen LogP contribution in [0.15, 0.2) is 68.4 Å². The third-order valence-electron chi connectivity index (χ3n) is 1.58. The molecule has 0 aliphatic heterocycles. The molecule has 78 valence electrons. The van der Waals surface area contributed by atoms with Crippen LogP contribution in [-0.4, -0.2) is 0 Å². The van der Waals surface area contributed by atoms with Gasteiger partial charge in [0.15, 0.2) is 0 Å². The van der Waals surface area contributed by atoms with Crippen molar-refractivity contribution in [1.29, 1.82) is 0 Å². The molecule has 3 heteroatoms. The van der Waals surface area contributed by atoms with Crippen LogP contribution in [0.3, 0.4) is 0 Å². The van der Waals surface area contributed by atoms with Crippen molar-refractivity contribution in [3.8, 4) is 0 Å². The minimum atomic E-state index is 1.02. The summed E-state index contributed by atoms with van der Waals surface area (Å²) >= 11 is 10.8. The highest BCUT2D eigenvalue weighted by Gasteiger charge is 1.88. The van der Waals surface area contributed by atoms with Gasteiger partial charge in [-0.1, -0.05) is 30.3 Å². The van der Waals surface area contributed by atoms with Gasteiger partial charge in [0.1, 0.15) is 0 Å². The number of benzene rings is 2. The number of hydrogen-bond donors (Lipinski definition) is 1. The SMILES string of the molecule is Brc1ccccc1Br.Sc1ccccc1. The Morgan fingerprint density at radius 1 is 0.667 bits per heavy atom. The van der Waals surface area contributed by atoms with Crippen molar-refractivity contribution in [3.63, 3.8) is 0 Å². The highest BCUT2D eigenvalue weighted by molar-refractivity contribution is 9.13. The maximum Gasteiger partial charge on any atom is 0.0317 e. The van der Waals surface area contributed by atoms with Crippen molar-refractivity contribution in [2.75, 3.05) is 0 Å². The summed E-state index contributed by atoms with van der Waals surface area (Å²) in [6, 6.07) is 17.7. The molecule has 2 aromatic rings. The normalized spacial score (nSPS) is 9.00. The van der Waals surface area contributed by atoms with Crippen molar-refractivity contribution < 1.29 is 0 Å². The maximum absolute atomic E-state index is 4.08. The fraction of sp³-hybridized carbons (Fsp3) is 0. The van der Waals surface area contributed by atoms with Crippen LogP contribution in [0, 0.1) is 0 Å². The van der Waals surface area contributed by atoms with E-state index in [0.29, 0.717) is 0 Å². The molecule has 0 nitrogen and oxygen atoms in total. The second kappa shape index (κ2) is 7.09. The van der Waals surface area contributed by atoms with Crippen LogP contribution in [0.4, 0.5) is 0 Å². The third-order valence-corrected chi connectivity index (χ3v) is 3.79. The minimum absolute atomic E-state index is 1.02. The van der Waals surface area contributed by atoms with Crippen LogP contribution in [0.25, 0.3) is 0 Å². The predicted molar refractivity (Wildman–Crippen MR) is 75.5 cm³/mol. The van der Waals surface area contributed by atoms with Gasteiger partial charge in [-0.2, -0.15) is 0 Å². The first kappa shape index (κ1) is 12.8. The van der Waals surface area contributed by atoms with Gasteiger partial charge in [0.05, 0.1) is 0 Å². The van der Waals surface area contributed by atoms with E-state index in [2.05, 4.69) is 44.5 Å². The molecule has 2 aromatic carbocycles. The van der Waals surface area contributed by atoms with Crippen molar-refractivity contribution in [1.82, 2.24) is 0 Å². The topological polar surface area (TPSA) is 0 Å². The lowest BCUT2D eigenvalue weighted by Gasteiger charge is -1.89. The zero-order valence-electron chi connectivity index (χ0n) is 7.90. The lowest BCUT2D eigenvalue weighted by atomic mass is 10.4. The monoisotopic (exact) mass is 344 g/mol. The van der Waals surface area contributed by atoms with E-state index in [0.717, 1.165) is 13.8 Å². The van der Waals surface area contributed by atoms with E-state index >= 15 is 0 Å². The van der Waals surface area contributed by atoms with Crippen LogP contribution in [0.5, 0.6) is 0 Å². The summed E-state index contributed by atoms with van der Waals surface area (Å²) in [7, 11) is 0. The molecule has 0 aromatic heterocycles. The smallest absolute Gasteiger partial charge is 0.0317 e. The molecular weight excluding hydrogens is 336 g/mol. The third kappa shape index (κ3) is 5.40. The number of hydrogen-bond acceptors (Lipinski definition) is 1. The van der Waals surface area contributed by atoms with Gasteiger partial charge >= 0.3 is 0 Å². The fourth-order valence-electron chi connectivity index (χ4n) is 0.867. The van der Waals surface area contributed by atoms with E-state index in [4.69, 9.17) is 0 Å². The van der Waals surface area contributed by atoms with Gasteiger partial charge in [0.25, 0.3) is 0 Å². The number of rotatable bonds is 0. The summed E-state index contributed by atoms with van der Waals surface area (Å²) in [5.74, 6) is 0. The lowest BCUT2D eigenvalue weighted by Crippen LogP contribution is -1.63. The average Bonchev–Trinajstić information content (AvgIpc) is 2.25. The first-order chi connectivity index (χ1) is 7.20. The van der Waals surface area contributed by atoms with E-state index in [1.54, 1.807) is 0 Å². The second-order valence-corrected chi connectivity index (χ2v) is 4.97. The Hall–Kier alpha value is -0.250. The van der Waals surface area contributed by atoms with Crippen LogP contribution in [0.2, 0.25) is 0 Å². The molecule has 0 aliphatic carbocycles. The summed E-state index contributed by atoms with van der Waals surface area (Å²) in [5, 5.41) is 0. The molecule has 0 aliphatic rings. The molecule has 0 radical (unpaired) electrons. The van der Waals surface area contributed by atoms with Gasteiger partial charge in [-0.05, 0) is 56.1 Å². The summed E-state index contributed by atoms with van der Waals surface area (Å²) in [4.78, 5) is 1.02. The molecule has 0 atom stereocenters. The van der Waals surface area contributed by atoms with Gasteiger partial charge in [0, 0.05) is 13.8 Å². The zero-order valence-corrected chi connectivity index (χ0v) is 12.0. The van der Waals surface area contributed by atoms with Gasteiger partial charge in [0.2, 0.25) is 0 Å². The fourth-order valence-corrected chi connectivity index (χ4v) is 1.61. The molecule has 0 saturated heterocycles. The van der Waals surface area contributed by atoms with E-state index in [1.165, 1.54) is 0 Å². The van der Waals surface area contributed by atoms with Gasteiger partial charge in [-0.3, -0.25) is 0 Å². The van der Waals surface area contributed by atoms with Gasteiger partial charge in [-0.15, -0.1) is 12.6 Å². The second-order valence-electron chi connectivity index (χ2n) is 2.75. The van der Waals surface area contributed by atoms with Crippen molar-refractivity contribution >= 4 is 44.5 Å². The summed E-state index contributed by atoms with van der Waals surface area (Å²) in [6.45, 7) is 0. The minimum Gasteiger partial charge on any atom is -0.143 e. The van der Waals surface area contributed by atoms with Gasteiger partial charge in [-0.25, -0.2) is 0 Å². The van der Waals surface area contributed by atoms with E-state index in [9.17, 15) is 0 Å². The first-order valence-electron chi connectivity index (χ1n) is 4.34. The van der Waals surface area contributed by atoms with Crippen molar-refractivity contribution in [2.45, 2.75) is 4.90 Å². The van der Waals surface area contributed by atoms with Crippen molar-refractivity contribution in [2.24, 2.45) is 0 Å². The Labute approximate surface area is 112 Å². The molecule has 2 rings (SSSR count). The quantitative estimate of drug-likeness (QED) is 0.624. The van der Waals surface area contributed by atoms with E-state index < -0.39 is 0 Å². The number of thiol groups is 1. The Morgan fingerprint density at radius 3 is 1.33 bits per heavy atom. The highest BCUT2D eigenvalue weighted by atomic mass is 79.9. The molecule has 0 fully saturated rings. The molecule has 0 heterocycles. The summed E-state index contributed by atoms with van der Waals surface area (Å²) in [5.41, 5.74) is 0. The van der Waals surface area contributed by atoms with E-state index in [1.807, 2.05) is 54.6 Å².